The molecular formula is C15H12N4OS. The topological polar surface area (TPSA) is 63.7 Å². The molecule has 0 radical (unpaired) electrons. The van der Waals surface area contributed by atoms with Crippen LogP contribution in [0.1, 0.15) is 11.4 Å². The molecule has 4 rings (SSSR count). The average molecular weight is 296 g/mol. The zero-order valence-electron chi connectivity index (χ0n) is 11.5. The van der Waals surface area contributed by atoms with Crippen LogP contribution in [0.4, 0.5) is 0 Å². The number of ether oxygens (including phenoxy) is 1. The number of benzene rings is 1. The SMILES string of the molecule is Cc1nc(Oc2ccc3cn[nH]c3c2)c2c(C)csc2n1. The Bertz CT molecular complexity index is 957. The molecule has 3 heterocycles. The number of aromatic nitrogens is 4. The lowest BCUT2D eigenvalue weighted by molar-refractivity contribution is 0.467. The van der Waals surface area contributed by atoms with E-state index in [1.165, 1.54) is 0 Å². The highest BCUT2D eigenvalue weighted by atomic mass is 32.1. The maximum atomic E-state index is 6.00. The number of thiophene rings is 1. The maximum Gasteiger partial charge on any atom is 0.231 e. The summed E-state index contributed by atoms with van der Waals surface area (Å²) in [6.07, 6.45) is 1.79. The summed E-state index contributed by atoms with van der Waals surface area (Å²) in [4.78, 5) is 9.85. The van der Waals surface area contributed by atoms with E-state index in [9.17, 15) is 0 Å². The molecule has 21 heavy (non-hydrogen) atoms. The van der Waals surface area contributed by atoms with E-state index >= 15 is 0 Å². The van der Waals surface area contributed by atoms with Gasteiger partial charge in [-0.15, -0.1) is 11.3 Å². The lowest BCUT2D eigenvalue weighted by Gasteiger charge is -2.07. The molecule has 0 spiro atoms. The molecule has 1 N–H and O–H groups in total. The van der Waals surface area contributed by atoms with Crippen LogP contribution in [0.2, 0.25) is 0 Å². The van der Waals surface area contributed by atoms with E-state index < -0.39 is 0 Å². The van der Waals surface area contributed by atoms with Crippen LogP contribution in [0, 0.1) is 13.8 Å². The number of rotatable bonds is 2. The first-order chi connectivity index (χ1) is 10.2. The van der Waals surface area contributed by atoms with Crippen molar-refractivity contribution in [3.05, 3.63) is 41.2 Å². The molecule has 1 aromatic carbocycles. The second-order valence-corrected chi connectivity index (χ2v) is 5.75. The first-order valence-corrected chi connectivity index (χ1v) is 7.42. The van der Waals surface area contributed by atoms with E-state index in [-0.39, 0.29) is 0 Å². The van der Waals surface area contributed by atoms with Gasteiger partial charge in [-0.25, -0.2) is 4.98 Å². The third-order valence-corrected chi connectivity index (χ3v) is 4.31. The standard InChI is InChI=1S/C15H12N4OS/c1-8-7-21-15-13(8)14(17-9(2)18-15)20-11-4-3-10-6-16-19-12(10)5-11/h3-7H,1-2H3,(H,16,19). The van der Waals surface area contributed by atoms with E-state index in [4.69, 9.17) is 4.74 Å². The molecule has 104 valence electrons. The number of H-pyrrole nitrogens is 1. The summed E-state index contributed by atoms with van der Waals surface area (Å²) in [6.45, 7) is 3.92. The lowest BCUT2D eigenvalue weighted by atomic mass is 10.2. The first kappa shape index (κ1) is 12.3. The van der Waals surface area contributed by atoms with E-state index in [1.54, 1.807) is 17.5 Å². The highest BCUT2D eigenvalue weighted by Crippen LogP contribution is 2.34. The van der Waals surface area contributed by atoms with Gasteiger partial charge in [0.1, 0.15) is 16.4 Å². The van der Waals surface area contributed by atoms with Crippen molar-refractivity contribution in [2.45, 2.75) is 13.8 Å². The molecule has 0 unspecified atom stereocenters. The summed E-state index contributed by atoms with van der Waals surface area (Å²) in [6, 6.07) is 5.82. The Hall–Kier alpha value is -2.47. The fourth-order valence-electron chi connectivity index (χ4n) is 2.31. The highest BCUT2D eigenvalue weighted by molar-refractivity contribution is 7.17. The van der Waals surface area contributed by atoms with Gasteiger partial charge in [0.15, 0.2) is 0 Å². The normalized spacial score (nSPS) is 11.3. The molecule has 0 atom stereocenters. The molecule has 0 aliphatic rings. The van der Waals surface area contributed by atoms with Gasteiger partial charge in [-0.05, 0) is 36.9 Å². The highest BCUT2D eigenvalue weighted by Gasteiger charge is 2.12. The van der Waals surface area contributed by atoms with Crippen LogP contribution in [0.3, 0.4) is 0 Å². The molecule has 0 aliphatic heterocycles. The monoisotopic (exact) mass is 296 g/mol. The number of aryl methyl sites for hydroxylation is 2. The zero-order chi connectivity index (χ0) is 14.4. The number of nitrogens with one attached hydrogen (secondary N) is 1. The van der Waals surface area contributed by atoms with Crippen molar-refractivity contribution in [3.63, 3.8) is 0 Å². The van der Waals surface area contributed by atoms with Gasteiger partial charge in [-0.1, -0.05) is 0 Å². The van der Waals surface area contributed by atoms with Gasteiger partial charge in [0.05, 0.1) is 17.1 Å². The van der Waals surface area contributed by atoms with Gasteiger partial charge in [-0.3, -0.25) is 5.10 Å². The van der Waals surface area contributed by atoms with Crippen molar-refractivity contribution in [1.29, 1.82) is 0 Å². The van der Waals surface area contributed by atoms with Gasteiger partial charge < -0.3 is 4.74 Å². The minimum Gasteiger partial charge on any atom is -0.438 e. The van der Waals surface area contributed by atoms with Crippen LogP contribution < -0.4 is 4.74 Å². The van der Waals surface area contributed by atoms with Crippen LogP contribution >= 0.6 is 11.3 Å². The molecule has 6 heteroatoms. The molecule has 0 aliphatic carbocycles. The van der Waals surface area contributed by atoms with Gasteiger partial charge in [0.2, 0.25) is 5.88 Å². The Kier molecular flexibility index (Phi) is 2.65. The molecule has 3 aromatic heterocycles. The molecular weight excluding hydrogens is 284 g/mol. The van der Waals surface area contributed by atoms with Crippen molar-refractivity contribution in [2.75, 3.05) is 0 Å². The Morgan fingerprint density at radius 3 is 3.00 bits per heavy atom. The fourth-order valence-corrected chi connectivity index (χ4v) is 3.27. The van der Waals surface area contributed by atoms with Crippen molar-refractivity contribution in [3.8, 4) is 11.6 Å². The van der Waals surface area contributed by atoms with Crippen LogP contribution in [0.5, 0.6) is 11.6 Å². The maximum absolute atomic E-state index is 6.00. The number of fused-ring (bicyclic) bond motifs is 2. The van der Waals surface area contributed by atoms with Gasteiger partial charge in [0.25, 0.3) is 0 Å². The molecule has 0 saturated heterocycles. The Morgan fingerprint density at radius 1 is 1.19 bits per heavy atom. The van der Waals surface area contributed by atoms with E-state index in [0.717, 1.165) is 32.4 Å². The molecule has 4 aromatic rings. The minimum atomic E-state index is 0.607. The van der Waals surface area contributed by atoms with Crippen LogP contribution in [-0.2, 0) is 0 Å². The molecule has 0 amide bonds. The Morgan fingerprint density at radius 2 is 2.10 bits per heavy atom. The summed E-state index contributed by atoms with van der Waals surface area (Å²) in [5, 5.41) is 11.1. The second-order valence-electron chi connectivity index (χ2n) is 4.90. The average Bonchev–Trinajstić information content (AvgIpc) is 3.05. The summed E-state index contributed by atoms with van der Waals surface area (Å²) >= 11 is 1.61. The summed E-state index contributed by atoms with van der Waals surface area (Å²) in [5.74, 6) is 2.05. The number of nitrogens with zero attached hydrogens (tertiary/aromatic N) is 3. The fraction of sp³-hybridized carbons (Fsp3) is 0.133. The van der Waals surface area contributed by atoms with Crippen molar-refractivity contribution in [2.24, 2.45) is 0 Å². The smallest absolute Gasteiger partial charge is 0.231 e. The van der Waals surface area contributed by atoms with Crippen LogP contribution in [0.25, 0.3) is 21.1 Å². The Labute approximate surface area is 124 Å². The summed E-state index contributed by atoms with van der Waals surface area (Å²) in [7, 11) is 0. The molecule has 0 saturated carbocycles. The van der Waals surface area contributed by atoms with Gasteiger partial charge in [0, 0.05) is 11.5 Å². The lowest BCUT2D eigenvalue weighted by Crippen LogP contribution is -1.94. The van der Waals surface area contributed by atoms with E-state index in [0.29, 0.717) is 11.7 Å². The third kappa shape index (κ3) is 2.04. The van der Waals surface area contributed by atoms with Crippen molar-refractivity contribution in [1.82, 2.24) is 20.2 Å². The van der Waals surface area contributed by atoms with Crippen molar-refractivity contribution >= 4 is 32.5 Å². The second kappa shape index (κ2) is 4.53. The number of aromatic amines is 1. The minimum absolute atomic E-state index is 0.607. The largest absolute Gasteiger partial charge is 0.438 e. The van der Waals surface area contributed by atoms with E-state index in [2.05, 4.69) is 25.5 Å². The van der Waals surface area contributed by atoms with E-state index in [1.807, 2.05) is 32.0 Å². The number of hydrogen-bond donors (Lipinski definition) is 1. The zero-order valence-corrected chi connectivity index (χ0v) is 12.4. The predicted octanol–water partition coefficient (Wildman–Crippen LogP) is 3.98. The van der Waals surface area contributed by atoms with Crippen molar-refractivity contribution < 1.29 is 4.74 Å². The van der Waals surface area contributed by atoms with Gasteiger partial charge >= 0.3 is 0 Å². The molecule has 5 nitrogen and oxygen atoms in total. The van der Waals surface area contributed by atoms with Gasteiger partial charge in [-0.2, -0.15) is 10.1 Å². The number of hydrogen-bond acceptors (Lipinski definition) is 5. The van der Waals surface area contributed by atoms with Crippen LogP contribution in [0.15, 0.2) is 29.8 Å². The third-order valence-electron chi connectivity index (χ3n) is 3.32. The summed E-state index contributed by atoms with van der Waals surface area (Å²) in [5.41, 5.74) is 2.07. The quantitative estimate of drug-likeness (QED) is 0.607. The summed E-state index contributed by atoms with van der Waals surface area (Å²) < 4.78 is 6.00. The molecule has 0 fully saturated rings. The Balaban J connectivity index is 1.84. The molecule has 0 bridgehead atoms. The van der Waals surface area contributed by atoms with Crippen LogP contribution in [-0.4, -0.2) is 20.2 Å². The first-order valence-electron chi connectivity index (χ1n) is 6.54. The predicted molar refractivity (Wildman–Crippen MR) is 83.1 cm³/mol.